The quantitative estimate of drug-likeness (QED) is 0.859. The lowest BCUT2D eigenvalue weighted by Gasteiger charge is -2.34. The van der Waals surface area contributed by atoms with Crippen molar-refractivity contribution in [2.24, 2.45) is 0 Å². The van der Waals surface area contributed by atoms with Gasteiger partial charge in [0.15, 0.2) is 0 Å². The maximum Gasteiger partial charge on any atom is 0.305 e. The van der Waals surface area contributed by atoms with Crippen molar-refractivity contribution < 1.29 is 24.1 Å². The van der Waals surface area contributed by atoms with Crippen LogP contribution in [0.2, 0.25) is 0 Å². The molecule has 1 aliphatic rings. The molecule has 0 saturated carbocycles. The first-order valence-electron chi connectivity index (χ1n) is 6.91. The number of carbonyl (C=O) groups is 1. The Bertz CT molecular complexity index is 485. The summed E-state index contributed by atoms with van der Waals surface area (Å²) in [6.45, 7) is 2.64. The molecule has 6 heteroatoms. The molecule has 0 amide bonds. The number of rotatable bonds is 6. The second kappa shape index (κ2) is 7.28. The summed E-state index contributed by atoms with van der Waals surface area (Å²) in [5, 5.41) is 9.24. The molecule has 1 N–H and O–H groups in total. The lowest BCUT2D eigenvalue weighted by Crippen LogP contribution is -2.40. The fourth-order valence-electron chi connectivity index (χ4n) is 2.59. The van der Waals surface area contributed by atoms with Crippen LogP contribution in [0.5, 0.6) is 11.5 Å². The van der Waals surface area contributed by atoms with E-state index in [0.29, 0.717) is 37.8 Å². The van der Waals surface area contributed by atoms with Crippen LogP contribution in [0, 0.1) is 0 Å². The van der Waals surface area contributed by atoms with E-state index in [0.717, 1.165) is 5.56 Å². The number of benzene rings is 1. The summed E-state index contributed by atoms with van der Waals surface area (Å²) in [7, 11) is 3.18. The second-order valence-electron chi connectivity index (χ2n) is 4.87. The molecule has 1 atom stereocenters. The van der Waals surface area contributed by atoms with Crippen LogP contribution in [0.15, 0.2) is 18.2 Å². The first-order chi connectivity index (χ1) is 10.2. The fourth-order valence-corrected chi connectivity index (χ4v) is 2.59. The van der Waals surface area contributed by atoms with Crippen LogP contribution in [-0.4, -0.2) is 56.5 Å². The van der Waals surface area contributed by atoms with Gasteiger partial charge in [-0.05, 0) is 18.2 Å². The Balaban J connectivity index is 2.36. The van der Waals surface area contributed by atoms with Gasteiger partial charge in [0.05, 0.1) is 33.9 Å². The predicted molar refractivity (Wildman–Crippen MR) is 76.9 cm³/mol. The highest BCUT2D eigenvalue weighted by atomic mass is 16.5. The highest BCUT2D eigenvalue weighted by Gasteiger charge is 2.27. The third-order valence-electron chi connectivity index (χ3n) is 3.65. The molecule has 116 valence electrons. The van der Waals surface area contributed by atoms with E-state index in [4.69, 9.17) is 14.2 Å². The Morgan fingerprint density at radius 1 is 1.33 bits per heavy atom. The molecular formula is C15H21NO5. The number of aliphatic carboxylic acids is 1. The maximum atomic E-state index is 11.2. The number of carboxylic acids is 1. The molecule has 1 fully saturated rings. The Labute approximate surface area is 124 Å². The van der Waals surface area contributed by atoms with Crippen molar-refractivity contribution in [2.75, 3.05) is 40.5 Å². The largest absolute Gasteiger partial charge is 0.497 e. The van der Waals surface area contributed by atoms with Gasteiger partial charge in [0, 0.05) is 24.7 Å². The van der Waals surface area contributed by atoms with Gasteiger partial charge in [-0.1, -0.05) is 0 Å². The summed E-state index contributed by atoms with van der Waals surface area (Å²) in [6, 6.07) is 5.21. The lowest BCUT2D eigenvalue weighted by molar-refractivity contribution is -0.139. The maximum absolute atomic E-state index is 11.2. The first kappa shape index (κ1) is 15.6. The Morgan fingerprint density at radius 2 is 2.05 bits per heavy atom. The summed E-state index contributed by atoms with van der Waals surface area (Å²) in [5.41, 5.74) is 0.834. The molecule has 0 spiro atoms. The number of ether oxygens (including phenoxy) is 3. The molecule has 0 radical (unpaired) electrons. The monoisotopic (exact) mass is 295 g/mol. The van der Waals surface area contributed by atoms with Gasteiger partial charge in [-0.3, -0.25) is 9.69 Å². The van der Waals surface area contributed by atoms with E-state index < -0.39 is 5.97 Å². The Hall–Kier alpha value is -1.79. The lowest BCUT2D eigenvalue weighted by atomic mass is 10.00. The third-order valence-corrected chi connectivity index (χ3v) is 3.65. The van der Waals surface area contributed by atoms with E-state index in [1.807, 2.05) is 12.1 Å². The number of hydrogen-bond acceptors (Lipinski definition) is 5. The van der Waals surface area contributed by atoms with Crippen molar-refractivity contribution in [2.45, 2.75) is 12.5 Å². The number of morpholine rings is 1. The molecule has 0 aliphatic carbocycles. The molecule has 0 bridgehead atoms. The molecule has 1 aromatic rings. The zero-order chi connectivity index (χ0) is 15.2. The predicted octanol–water partition coefficient (Wildman–Crippen LogP) is 1.55. The van der Waals surface area contributed by atoms with Crippen molar-refractivity contribution >= 4 is 5.97 Å². The van der Waals surface area contributed by atoms with Crippen LogP contribution in [0.1, 0.15) is 18.0 Å². The molecule has 1 unspecified atom stereocenters. The van der Waals surface area contributed by atoms with E-state index in [1.165, 1.54) is 0 Å². The summed E-state index contributed by atoms with van der Waals surface area (Å²) in [4.78, 5) is 13.4. The fraction of sp³-hybridized carbons (Fsp3) is 0.533. The zero-order valence-electron chi connectivity index (χ0n) is 12.4. The minimum atomic E-state index is -0.837. The highest BCUT2D eigenvalue weighted by molar-refractivity contribution is 5.68. The topological polar surface area (TPSA) is 68.2 Å². The molecular weight excluding hydrogens is 274 g/mol. The van der Waals surface area contributed by atoms with Crippen LogP contribution in [0.25, 0.3) is 0 Å². The van der Waals surface area contributed by atoms with Crippen molar-refractivity contribution in [1.29, 1.82) is 0 Å². The van der Waals surface area contributed by atoms with Gasteiger partial charge in [0.1, 0.15) is 11.5 Å². The summed E-state index contributed by atoms with van der Waals surface area (Å²) < 4.78 is 16.0. The highest BCUT2D eigenvalue weighted by Crippen LogP contribution is 2.35. The normalized spacial score (nSPS) is 17.2. The van der Waals surface area contributed by atoms with Gasteiger partial charge in [-0.15, -0.1) is 0 Å². The Morgan fingerprint density at radius 3 is 2.62 bits per heavy atom. The Kier molecular flexibility index (Phi) is 5.41. The smallest absolute Gasteiger partial charge is 0.305 e. The van der Waals surface area contributed by atoms with E-state index in [9.17, 15) is 9.90 Å². The molecule has 21 heavy (non-hydrogen) atoms. The van der Waals surface area contributed by atoms with Crippen LogP contribution in [0.4, 0.5) is 0 Å². The average Bonchev–Trinajstić information content (AvgIpc) is 2.52. The van der Waals surface area contributed by atoms with Crippen molar-refractivity contribution in [1.82, 2.24) is 4.90 Å². The second-order valence-corrected chi connectivity index (χ2v) is 4.87. The van der Waals surface area contributed by atoms with Gasteiger partial charge < -0.3 is 19.3 Å². The summed E-state index contributed by atoms with van der Waals surface area (Å²) in [6.07, 6.45) is 0.0174. The number of hydrogen-bond donors (Lipinski definition) is 1. The first-order valence-corrected chi connectivity index (χ1v) is 6.91. The van der Waals surface area contributed by atoms with Crippen molar-refractivity contribution in [3.05, 3.63) is 23.8 Å². The van der Waals surface area contributed by atoms with Crippen LogP contribution < -0.4 is 9.47 Å². The number of carboxylic acid groups (broad SMARTS) is 1. The number of methoxy groups -OCH3 is 2. The molecule has 1 aliphatic heterocycles. The molecule has 0 aromatic heterocycles. The van der Waals surface area contributed by atoms with Gasteiger partial charge >= 0.3 is 5.97 Å². The standard InChI is InChI=1S/C15H21NO5/c1-19-11-3-4-14(20-2)12(9-11)13(10-15(17)18)16-5-7-21-8-6-16/h3-4,9,13H,5-8,10H2,1-2H3,(H,17,18). The van der Waals surface area contributed by atoms with Crippen molar-refractivity contribution in [3.63, 3.8) is 0 Å². The van der Waals surface area contributed by atoms with Crippen LogP contribution in [0.3, 0.4) is 0 Å². The zero-order valence-corrected chi connectivity index (χ0v) is 12.4. The molecule has 1 saturated heterocycles. The van der Waals surface area contributed by atoms with Crippen molar-refractivity contribution in [3.8, 4) is 11.5 Å². The molecule has 1 aromatic carbocycles. The average molecular weight is 295 g/mol. The van der Waals surface area contributed by atoms with E-state index >= 15 is 0 Å². The van der Waals surface area contributed by atoms with Gasteiger partial charge in [-0.25, -0.2) is 0 Å². The summed E-state index contributed by atoms with van der Waals surface area (Å²) in [5.74, 6) is 0.527. The molecule has 1 heterocycles. The minimum Gasteiger partial charge on any atom is -0.497 e. The van der Waals surface area contributed by atoms with Gasteiger partial charge in [-0.2, -0.15) is 0 Å². The number of nitrogens with zero attached hydrogens (tertiary/aromatic N) is 1. The van der Waals surface area contributed by atoms with E-state index in [1.54, 1.807) is 20.3 Å². The van der Waals surface area contributed by atoms with E-state index in [-0.39, 0.29) is 12.5 Å². The molecule has 2 rings (SSSR count). The van der Waals surface area contributed by atoms with Gasteiger partial charge in [0.25, 0.3) is 0 Å². The third kappa shape index (κ3) is 3.86. The minimum absolute atomic E-state index is 0.0174. The van der Waals surface area contributed by atoms with Crippen LogP contribution >= 0.6 is 0 Å². The van der Waals surface area contributed by atoms with E-state index in [2.05, 4.69) is 4.90 Å². The molecule has 6 nitrogen and oxygen atoms in total. The SMILES string of the molecule is COc1ccc(OC)c(C(CC(=O)O)N2CCOCC2)c1. The van der Waals surface area contributed by atoms with Gasteiger partial charge in [0.2, 0.25) is 0 Å². The summed E-state index contributed by atoms with van der Waals surface area (Å²) >= 11 is 0. The van der Waals surface area contributed by atoms with Crippen LogP contribution in [-0.2, 0) is 9.53 Å².